The molecule has 0 aromatic heterocycles. The van der Waals surface area contributed by atoms with Gasteiger partial charge in [0.1, 0.15) is 55.6 Å². The Morgan fingerprint density at radius 3 is 2.04 bits per heavy atom. The predicted octanol–water partition coefficient (Wildman–Crippen LogP) is 9.27. The van der Waals surface area contributed by atoms with E-state index < -0.39 is 41.8 Å². The van der Waals surface area contributed by atoms with Crippen molar-refractivity contribution in [1.82, 2.24) is 5.32 Å². The SMILES string of the molecule is CCC[N+](CCC)(C[C@@H](O)[C@@H](N)Cc1cccc(C)c1)C(=O)c1cc(C)cc(C(=O)NCc2ccccc2)c1N[C@@H](Cc1cc(F)cc(F)c1)[C@H](O)C[N+]1(Cc2cccc(CC)c2)C=CC=CC1. The summed E-state index contributed by atoms with van der Waals surface area (Å²) >= 11 is 0. The molecule has 0 radical (unpaired) electrons. The highest BCUT2D eigenvalue weighted by Crippen LogP contribution is 2.32. The van der Waals surface area contributed by atoms with Gasteiger partial charge < -0.3 is 26.6 Å². The zero-order chi connectivity index (χ0) is 48.8. The largest absolute Gasteiger partial charge is 0.386 e. The maximum absolute atomic E-state index is 15.8. The molecule has 68 heavy (non-hydrogen) atoms. The van der Waals surface area contributed by atoms with Crippen molar-refractivity contribution in [2.45, 2.75) is 104 Å². The number of carbonyl (C=O) groups excluding carboxylic acids is 2. The quantitative estimate of drug-likeness (QED) is 0.0417. The second kappa shape index (κ2) is 24.0. The number of halogens is 2. The maximum atomic E-state index is 15.8. The lowest BCUT2D eigenvalue weighted by atomic mass is 9.94. The number of hydrogen-bond acceptors (Lipinski definition) is 6. The van der Waals surface area contributed by atoms with Crippen molar-refractivity contribution in [3.05, 3.63) is 195 Å². The van der Waals surface area contributed by atoms with Gasteiger partial charge in [-0.05, 0) is 110 Å². The summed E-state index contributed by atoms with van der Waals surface area (Å²) in [4.78, 5) is 30.5. The molecule has 0 saturated heterocycles. The summed E-state index contributed by atoms with van der Waals surface area (Å²) in [5.41, 5.74) is 13.5. The van der Waals surface area contributed by atoms with Gasteiger partial charge in [-0.1, -0.05) is 111 Å². The number of quaternary nitrogens is 2. The van der Waals surface area contributed by atoms with Crippen molar-refractivity contribution >= 4 is 17.5 Å². The van der Waals surface area contributed by atoms with Crippen LogP contribution < -0.4 is 16.4 Å². The molecule has 0 saturated carbocycles. The molecule has 0 aliphatic carbocycles. The van der Waals surface area contributed by atoms with E-state index in [2.05, 4.69) is 48.0 Å². The van der Waals surface area contributed by atoms with Gasteiger partial charge in [-0.15, -0.1) is 0 Å². The minimum atomic E-state index is -1.18. The molecule has 1 aliphatic rings. The fourth-order valence-corrected chi connectivity index (χ4v) is 9.82. The molecular formula is C57H71F2N5O4+2. The van der Waals surface area contributed by atoms with E-state index in [1.165, 1.54) is 17.7 Å². The zero-order valence-electron chi connectivity index (χ0n) is 40.4. The Hall–Kier alpha value is -5.82. The monoisotopic (exact) mass is 928 g/mol. The highest BCUT2D eigenvalue weighted by atomic mass is 19.1. The third kappa shape index (κ3) is 13.7. The van der Waals surface area contributed by atoms with Crippen LogP contribution >= 0.6 is 0 Å². The summed E-state index contributed by atoms with van der Waals surface area (Å²) in [5, 5.41) is 31.2. The summed E-state index contributed by atoms with van der Waals surface area (Å²) in [7, 11) is 0. The van der Waals surface area contributed by atoms with Crippen molar-refractivity contribution in [2.75, 3.05) is 38.0 Å². The highest BCUT2D eigenvalue weighted by molar-refractivity contribution is 6.06. The molecular weight excluding hydrogens is 857 g/mol. The molecule has 5 aromatic carbocycles. The first-order valence-electron chi connectivity index (χ1n) is 24.2. The Kier molecular flexibility index (Phi) is 18.2. The van der Waals surface area contributed by atoms with Crippen molar-refractivity contribution in [2.24, 2.45) is 5.73 Å². The average molecular weight is 928 g/mol. The van der Waals surface area contributed by atoms with Crippen LogP contribution in [-0.4, -0.2) is 88.0 Å². The summed E-state index contributed by atoms with van der Waals surface area (Å²) in [5.74, 6) is -2.28. The molecule has 6 rings (SSSR count). The van der Waals surface area contributed by atoms with Crippen LogP contribution in [-0.2, 0) is 32.4 Å². The number of nitrogens with two attached hydrogens (primary N) is 1. The lowest BCUT2D eigenvalue weighted by Gasteiger charge is -2.40. The number of aryl methyl sites for hydroxylation is 3. The van der Waals surface area contributed by atoms with E-state index >= 15 is 4.79 Å². The molecule has 5 aromatic rings. The number of rotatable bonds is 23. The van der Waals surface area contributed by atoms with Crippen LogP contribution in [0.2, 0.25) is 0 Å². The van der Waals surface area contributed by atoms with Crippen molar-refractivity contribution in [1.29, 1.82) is 0 Å². The van der Waals surface area contributed by atoms with Gasteiger partial charge in [-0.2, -0.15) is 0 Å². The number of nitrogens with one attached hydrogen (secondary N) is 2. The van der Waals surface area contributed by atoms with Crippen molar-refractivity contribution < 1.29 is 37.5 Å². The zero-order valence-corrected chi connectivity index (χ0v) is 40.4. The Morgan fingerprint density at radius 1 is 0.721 bits per heavy atom. The number of amides is 2. The van der Waals surface area contributed by atoms with E-state index in [1.54, 1.807) is 12.1 Å². The minimum absolute atomic E-state index is 0.0319. The maximum Gasteiger partial charge on any atom is 0.348 e. The molecule has 9 nitrogen and oxygen atoms in total. The number of aliphatic hydroxyl groups excluding tert-OH is 2. The Labute approximate surface area is 402 Å². The van der Waals surface area contributed by atoms with E-state index in [0.717, 1.165) is 34.7 Å². The van der Waals surface area contributed by atoms with Crippen LogP contribution in [0, 0.1) is 25.5 Å². The average Bonchev–Trinajstić information content (AvgIpc) is 3.31. The Bertz CT molecular complexity index is 2520. The highest BCUT2D eigenvalue weighted by Gasteiger charge is 2.42. The van der Waals surface area contributed by atoms with E-state index in [0.29, 0.717) is 61.1 Å². The predicted molar refractivity (Wildman–Crippen MR) is 269 cm³/mol. The van der Waals surface area contributed by atoms with Crippen LogP contribution in [0.15, 0.2) is 134 Å². The van der Waals surface area contributed by atoms with Crippen LogP contribution in [0.3, 0.4) is 0 Å². The molecule has 2 amide bonds. The van der Waals surface area contributed by atoms with Gasteiger partial charge in [0.05, 0.1) is 36.6 Å². The Morgan fingerprint density at radius 2 is 1.38 bits per heavy atom. The first kappa shape index (κ1) is 51.6. The lowest BCUT2D eigenvalue weighted by molar-refractivity contribution is -0.891. The normalized spacial score (nSPS) is 16.5. The van der Waals surface area contributed by atoms with Gasteiger partial charge >= 0.3 is 5.91 Å². The van der Waals surface area contributed by atoms with Gasteiger partial charge in [0.2, 0.25) is 0 Å². The molecule has 11 heteroatoms. The summed E-state index contributed by atoms with van der Waals surface area (Å²) < 4.78 is 30.1. The third-order valence-corrected chi connectivity index (χ3v) is 13.1. The third-order valence-electron chi connectivity index (χ3n) is 13.1. The number of carbonyl (C=O) groups is 2. The molecule has 0 spiro atoms. The number of aliphatic hydroxyl groups is 2. The summed E-state index contributed by atoms with van der Waals surface area (Å²) in [6.45, 7) is 12.3. The molecule has 1 heterocycles. The topological polar surface area (TPSA) is 125 Å². The molecule has 1 aliphatic heterocycles. The molecule has 6 N–H and O–H groups in total. The van der Waals surface area contributed by atoms with Gasteiger partial charge in [-0.25, -0.2) is 13.6 Å². The first-order valence-corrected chi connectivity index (χ1v) is 24.2. The lowest BCUT2D eigenvalue weighted by Crippen LogP contribution is -2.60. The number of allylic oxidation sites excluding steroid dienone is 2. The fraction of sp³-hybridized carbons (Fsp3) is 0.368. The fourth-order valence-electron chi connectivity index (χ4n) is 9.82. The number of anilines is 1. The minimum Gasteiger partial charge on any atom is -0.386 e. The van der Waals surface area contributed by atoms with Crippen LogP contribution in [0.4, 0.5) is 14.5 Å². The smallest absolute Gasteiger partial charge is 0.348 e. The van der Waals surface area contributed by atoms with E-state index in [1.807, 2.05) is 101 Å². The molecule has 0 bridgehead atoms. The molecule has 1 unspecified atom stereocenters. The summed E-state index contributed by atoms with van der Waals surface area (Å²) in [6, 6.07) is 31.0. The number of hydrogen-bond donors (Lipinski definition) is 5. The van der Waals surface area contributed by atoms with E-state index in [4.69, 9.17) is 5.73 Å². The van der Waals surface area contributed by atoms with Crippen LogP contribution in [0.25, 0.3) is 0 Å². The van der Waals surface area contributed by atoms with Crippen molar-refractivity contribution in [3.8, 4) is 0 Å². The molecule has 360 valence electrons. The van der Waals surface area contributed by atoms with Gasteiger partial charge in [0, 0.05) is 24.2 Å². The number of nitrogens with zero attached hydrogens (tertiary/aromatic N) is 2. The van der Waals surface area contributed by atoms with Crippen LogP contribution in [0.1, 0.15) is 93.3 Å². The van der Waals surface area contributed by atoms with Crippen molar-refractivity contribution in [3.63, 3.8) is 0 Å². The second-order valence-corrected chi connectivity index (χ2v) is 18.9. The van der Waals surface area contributed by atoms with Crippen LogP contribution in [0.5, 0.6) is 0 Å². The first-order chi connectivity index (χ1) is 32.6. The van der Waals surface area contributed by atoms with Gasteiger partial charge in [-0.3, -0.25) is 13.8 Å². The summed E-state index contributed by atoms with van der Waals surface area (Å²) in [6.07, 6.45) is 8.29. The number of benzene rings is 5. The molecule has 5 atom stereocenters. The van der Waals surface area contributed by atoms with E-state index in [9.17, 15) is 23.8 Å². The standard InChI is InChI=1S/C57H69F2N5O4/c1-6-23-64(24-7-2,39-53(65)51(60)33-44-21-15-17-40(4)27-44)57(68)50-29-41(5)28-49(56(67)61-36-43-18-11-9-12-19-43)55(50)62-52(34-46-31-47(58)35-48(59)32-46)54(66)38-63(25-13-10-14-26-63)37-45-22-16-20-42(8-3)30-45/h9-22,25,27-32,35,51-54,65-66H,6-8,23-24,26,33-34,36-39,60H2,1-5H3/p+2/t51-,52-,53+,54+,63?/m0/s1. The van der Waals surface area contributed by atoms with E-state index in [-0.39, 0.29) is 53.3 Å². The van der Waals surface area contributed by atoms with Gasteiger partial charge in [0.25, 0.3) is 5.91 Å². The second-order valence-electron chi connectivity index (χ2n) is 18.9. The van der Waals surface area contributed by atoms with Gasteiger partial charge in [0.15, 0.2) is 0 Å². The molecule has 0 fully saturated rings. The Balaban J connectivity index is 1.47.